The lowest BCUT2D eigenvalue weighted by molar-refractivity contribution is 0.589. The fourth-order valence-electron chi connectivity index (χ4n) is 3.47. The van der Waals surface area contributed by atoms with Gasteiger partial charge >= 0.3 is 0 Å². The van der Waals surface area contributed by atoms with Crippen LogP contribution < -0.4 is 0 Å². The van der Waals surface area contributed by atoms with E-state index in [1.807, 2.05) is 0 Å². The van der Waals surface area contributed by atoms with Crippen LogP contribution in [-0.4, -0.2) is 6.21 Å². The Kier molecular flexibility index (Phi) is 1.74. The van der Waals surface area contributed by atoms with E-state index in [0.717, 1.165) is 6.42 Å². The molecule has 0 bridgehead atoms. The molecule has 0 saturated heterocycles. The largest absolute Gasteiger partial charge is 0.280 e. The second kappa shape index (κ2) is 3.11. The van der Waals surface area contributed by atoms with Crippen LogP contribution in [-0.2, 0) is 11.0 Å². The molecule has 0 spiro atoms. The van der Waals surface area contributed by atoms with Gasteiger partial charge in [-0.05, 0) is 23.1 Å². The fraction of sp³-hybridized carbons (Fsp3) is 0.235. The maximum Gasteiger partial charge on any atom is 0.0960 e. The highest BCUT2D eigenvalue weighted by Gasteiger charge is 2.67. The third-order valence-corrected chi connectivity index (χ3v) is 4.63. The maximum absolute atomic E-state index is 4.89. The summed E-state index contributed by atoms with van der Waals surface area (Å²) in [6, 6.07) is 19.3. The van der Waals surface area contributed by atoms with E-state index in [1.165, 1.54) is 16.7 Å². The van der Waals surface area contributed by atoms with Gasteiger partial charge in [0.2, 0.25) is 0 Å². The fourth-order valence-corrected chi connectivity index (χ4v) is 3.47. The molecule has 0 unspecified atom stereocenters. The minimum absolute atomic E-state index is 0.0113. The Balaban J connectivity index is 1.91. The number of hydrogen-bond acceptors (Lipinski definition) is 1. The molecule has 1 nitrogen and oxygen atoms in total. The normalized spacial score (nSPS) is 31.6. The first-order valence-electron chi connectivity index (χ1n) is 6.47. The van der Waals surface area contributed by atoms with Gasteiger partial charge in [-0.2, -0.15) is 0 Å². The molecule has 0 radical (unpaired) electrons. The number of aliphatic imine (C=N–C) groups is 1. The van der Waals surface area contributed by atoms with Gasteiger partial charge < -0.3 is 0 Å². The molecular formula is C17H15N. The Bertz CT molecular complexity index is 644. The van der Waals surface area contributed by atoms with Crippen LogP contribution in [0.2, 0.25) is 0 Å². The smallest absolute Gasteiger partial charge is 0.0960 e. The standard InChI is InChI=1S/C17H15N/c1-16-12-17(16,14-8-3-2-4-9-14)18-11-13-7-5-6-10-15(13)16/h2-11H,12H2,1H3/t16-,17+/m1/s1. The maximum atomic E-state index is 4.89. The van der Waals surface area contributed by atoms with Crippen LogP contribution >= 0.6 is 0 Å². The topological polar surface area (TPSA) is 12.4 Å². The zero-order valence-electron chi connectivity index (χ0n) is 10.4. The SMILES string of the molecule is C[C@]12C[C@@]1(c1ccccc1)N=Cc1ccccc12. The van der Waals surface area contributed by atoms with Crippen LogP contribution in [0.5, 0.6) is 0 Å². The Morgan fingerprint density at radius 3 is 2.50 bits per heavy atom. The highest BCUT2D eigenvalue weighted by molar-refractivity contribution is 5.86. The second-order valence-corrected chi connectivity index (χ2v) is 5.58. The number of rotatable bonds is 1. The van der Waals surface area contributed by atoms with Gasteiger partial charge in [-0.1, -0.05) is 61.5 Å². The minimum Gasteiger partial charge on any atom is -0.280 e. The monoisotopic (exact) mass is 233 g/mol. The van der Waals surface area contributed by atoms with E-state index in [4.69, 9.17) is 4.99 Å². The molecule has 2 atom stereocenters. The van der Waals surface area contributed by atoms with Crippen molar-refractivity contribution in [1.82, 2.24) is 0 Å². The van der Waals surface area contributed by atoms with Gasteiger partial charge in [-0.15, -0.1) is 0 Å². The molecule has 1 aliphatic carbocycles. The molecule has 0 N–H and O–H groups in total. The predicted molar refractivity (Wildman–Crippen MR) is 74.1 cm³/mol. The summed E-state index contributed by atoms with van der Waals surface area (Å²) >= 11 is 0. The van der Waals surface area contributed by atoms with Crippen LogP contribution in [0, 0.1) is 0 Å². The lowest BCUT2D eigenvalue weighted by Crippen LogP contribution is -2.23. The number of benzene rings is 2. The molecule has 1 fully saturated rings. The first-order chi connectivity index (χ1) is 8.76. The minimum atomic E-state index is -0.0113. The molecule has 2 aliphatic rings. The van der Waals surface area contributed by atoms with Gasteiger partial charge in [0.05, 0.1) is 5.54 Å². The third kappa shape index (κ3) is 1.05. The molecule has 1 heteroatoms. The molecule has 18 heavy (non-hydrogen) atoms. The highest BCUT2D eigenvalue weighted by Crippen LogP contribution is 2.67. The van der Waals surface area contributed by atoms with E-state index in [2.05, 4.69) is 67.7 Å². The van der Waals surface area contributed by atoms with E-state index in [-0.39, 0.29) is 11.0 Å². The lowest BCUT2D eigenvalue weighted by atomic mass is 9.84. The van der Waals surface area contributed by atoms with Gasteiger partial charge in [0.15, 0.2) is 0 Å². The lowest BCUT2D eigenvalue weighted by Gasteiger charge is -2.25. The summed E-state index contributed by atoms with van der Waals surface area (Å²) in [5, 5.41) is 0. The van der Waals surface area contributed by atoms with Crippen LogP contribution in [0.4, 0.5) is 0 Å². The average molecular weight is 233 g/mol. The average Bonchev–Trinajstić information content (AvgIpc) is 3.08. The molecule has 0 aromatic heterocycles. The molecule has 1 aliphatic heterocycles. The van der Waals surface area contributed by atoms with Gasteiger partial charge in [0.25, 0.3) is 0 Å². The van der Waals surface area contributed by atoms with E-state index in [0.29, 0.717) is 0 Å². The van der Waals surface area contributed by atoms with E-state index >= 15 is 0 Å². The van der Waals surface area contributed by atoms with E-state index in [1.54, 1.807) is 0 Å². The van der Waals surface area contributed by atoms with Crippen LogP contribution in [0.1, 0.15) is 30.0 Å². The Morgan fingerprint density at radius 1 is 0.944 bits per heavy atom. The van der Waals surface area contributed by atoms with Crippen molar-refractivity contribution in [3.63, 3.8) is 0 Å². The first-order valence-corrected chi connectivity index (χ1v) is 6.47. The molecule has 0 amide bonds. The molecule has 2 aromatic rings. The zero-order valence-corrected chi connectivity index (χ0v) is 10.4. The summed E-state index contributed by atoms with van der Waals surface area (Å²) in [5.74, 6) is 0. The van der Waals surface area contributed by atoms with E-state index < -0.39 is 0 Å². The molecule has 1 saturated carbocycles. The van der Waals surface area contributed by atoms with Crippen molar-refractivity contribution >= 4 is 6.21 Å². The van der Waals surface area contributed by atoms with Crippen molar-refractivity contribution in [2.75, 3.05) is 0 Å². The van der Waals surface area contributed by atoms with Crippen molar-refractivity contribution in [3.8, 4) is 0 Å². The summed E-state index contributed by atoms with van der Waals surface area (Å²) in [4.78, 5) is 4.89. The van der Waals surface area contributed by atoms with Crippen LogP contribution in [0.15, 0.2) is 59.6 Å². The van der Waals surface area contributed by atoms with Crippen molar-refractivity contribution in [2.45, 2.75) is 24.3 Å². The van der Waals surface area contributed by atoms with Crippen molar-refractivity contribution in [1.29, 1.82) is 0 Å². The zero-order chi connectivity index (χ0) is 12.2. The summed E-state index contributed by atoms with van der Waals surface area (Å²) in [6.07, 6.45) is 3.18. The third-order valence-electron chi connectivity index (χ3n) is 4.63. The van der Waals surface area contributed by atoms with Gasteiger partial charge in [-0.25, -0.2) is 0 Å². The molecule has 4 rings (SSSR count). The van der Waals surface area contributed by atoms with Crippen molar-refractivity contribution in [2.24, 2.45) is 4.99 Å². The molecule has 2 aromatic carbocycles. The predicted octanol–water partition coefficient (Wildman–Crippen LogP) is 3.68. The molecule has 1 heterocycles. The first kappa shape index (κ1) is 10.1. The number of nitrogens with zero attached hydrogens (tertiary/aromatic N) is 1. The Hall–Kier alpha value is -1.89. The van der Waals surface area contributed by atoms with Crippen LogP contribution in [0.3, 0.4) is 0 Å². The number of hydrogen-bond donors (Lipinski definition) is 0. The van der Waals surface area contributed by atoms with Gasteiger partial charge in [-0.3, -0.25) is 4.99 Å². The highest BCUT2D eigenvalue weighted by atomic mass is 15.0. The van der Waals surface area contributed by atoms with Gasteiger partial charge in [0.1, 0.15) is 0 Å². The van der Waals surface area contributed by atoms with E-state index in [9.17, 15) is 0 Å². The Morgan fingerprint density at radius 2 is 1.67 bits per heavy atom. The molecular weight excluding hydrogens is 218 g/mol. The quantitative estimate of drug-likeness (QED) is 0.712. The summed E-state index contributed by atoms with van der Waals surface area (Å²) in [7, 11) is 0. The van der Waals surface area contributed by atoms with Crippen molar-refractivity contribution < 1.29 is 0 Å². The summed E-state index contributed by atoms with van der Waals surface area (Å²) in [5.41, 5.74) is 4.24. The van der Waals surface area contributed by atoms with Gasteiger partial charge in [0, 0.05) is 11.6 Å². The second-order valence-electron chi connectivity index (χ2n) is 5.58. The Labute approximate surface area is 107 Å². The summed E-state index contributed by atoms with van der Waals surface area (Å²) < 4.78 is 0. The van der Waals surface area contributed by atoms with Crippen LogP contribution in [0.25, 0.3) is 0 Å². The summed E-state index contributed by atoms with van der Waals surface area (Å²) in [6.45, 7) is 2.34. The number of fused-ring (bicyclic) bond motifs is 3. The molecule has 88 valence electrons. The van der Waals surface area contributed by atoms with Crippen molar-refractivity contribution in [3.05, 3.63) is 71.3 Å².